The van der Waals surface area contributed by atoms with Crippen LogP contribution in [0.3, 0.4) is 0 Å². The number of carbonyl (C=O) groups excluding carboxylic acids is 1. The van der Waals surface area contributed by atoms with E-state index < -0.39 is 0 Å². The lowest BCUT2D eigenvalue weighted by Gasteiger charge is -2.12. The Labute approximate surface area is 171 Å². The van der Waals surface area contributed by atoms with Gasteiger partial charge in [0.2, 0.25) is 5.91 Å². The van der Waals surface area contributed by atoms with E-state index in [-0.39, 0.29) is 17.9 Å². The Morgan fingerprint density at radius 2 is 2.03 bits per heavy atom. The molecule has 0 bridgehead atoms. The summed E-state index contributed by atoms with van der Waals surface area (Å²) in [5.74, 6) is 1.75. The first-order valence-corrected chi connectivity index (χ1v) is 10.7. The third-order valence-corrected chi connectivity index (χ3v) is 6.51. The highest BCUT2D eigenvalue weighted by Gasteiger charge is 2.58. The molecule has 2 aromatic rings. The molecule has 0 radical (unpaired) electrons. The van der Waals surface area contributed by atoms with Crippen molar-refractivity contribution in [2.75, 3.05) is 5.32 Å². The third-order valence-electron chi connectivity index (χ3n) is 6.51. The molecule has 3 aliphatic rings. The molecule has 2 aliphatic carbocycles. The fraction of sp³-hybridized carbons (Fsp3) is 0.458. The maximum Gasteiger partial charge on any atom is 0.229 e. The van der Waals surface area contributed by atoms with Crippen molar-refractivity contribution in [1.82, 2.24) is 4.98 Å². The Morgan fingerprint density at radius 1 is 1.21 bits per heavy atom. The van der Waals surface area contributed by atoms with E-state index in [4.69, 9.17) is 9.73 Å². The molecule has 5 nitrogen and oxygen atoms in total. The van der Waals surface area contributed by atoms with Crippen LogP contribution in [0.15, 0.2) is 41.5 Å². The number of aromatic nitrogens is 1. The molecular formula is C24H27N3O2. The van der Waals surface area contributed by atoms with Gasteiger partial charge in [-0.3, -0.25) is 9.79 Å². The minimum Gasteiger partial charge on any atom is -0.491 e. The van der Waals surface area contributed by atoms with E-state index in [9.17, 15) is 4.79 Å². The first kappa shape index (κ1) is 18.3. The summed E-state index contributed by atoms with van der Waals surface area (Å²) in [6.45, 7) is 4.71. The second kappa shape index (κ2) is 6.97. The van der Waals surface area contributed by atoms with Crippen LogP contribution < -0.4 is 10.1 Å². The average molecular weight is 389 g/mol. The summed E-state index contributed by atoms with van der Waals surface area (Å²) in [6.07, 6.45) is 7.84. The fourth-order valence-electron chi connectivity index (χ4n) is 4.97. The average Bonchev–Trinajstić information content (AvgIpc) is 3.00. The van der Waals surface area contributed by atoms with Crippen molar-refractivity contribution in [3.8, 4) is 5.75 Å². The molecule has 2 fully saturated rings. The van der Waals surface area contributed by atoms with Crippen LogP contribution in [0.25, 0.3) is 0 Å². The topological polar surface area (TPSA) is 63.6 Å². The van der Waals surface area contributed by atoms with E-state index in [1.165, 1.54) is 31.2 Å². The van der Waals surface area contributed by atoms with Gasteiger partial charge in [0.05, 0.1) is 18.4 Å². The van der Waals surface area contributed by atoms with Crippen LogP contribution in [0.1, 0.15) is 62.6 Å². The number of ether oxygens (including phenoxy) is 1. The Bertz CT molecular complexity index is 989. The minimum absolute atomic E-state index is 0.123. The zero-order valence-electron chi connectivity index (χ0n) is 17.1. The molecule has 1 aromatic heterocycles. The summed E-state index contributed by atoms with van der Waals surface area (Å²) in [4.78, 5) is 21.8. The number of pyridine rings is 1. The Hall–Kier alpha value is -2.69. The largest absolute Gasteiger partial charge is 0.491 e. The number of carbonyl (C=O) groups is 1. The molecular weight excluding hydrogens is 362 g/mol. The number of aliphatic imine (C=N–C) groups is 1. The second-order valence-corrected chi connectivity index (χ2v) is 8.90. The van der Waals surface area contributed by atoms with Gasteiger partial charge in [0.1, 0.15) is 11.6 Å². The van der Waals surface area contributed by atoms with E-state index in [0.29, 0.717) is 17.8 Å². The van der Waals surface area contributed by atoms with Crippen molar-refractivity contribution in [2.45, 2.75) is 58.6 Å². The smallest absolute Gasteiger partial charge is 0.229 e. The van der Waals surface area contributed by atoms with Gasteiger partial charge >= 0.3 is 0 Å². The lowest BCUT2D eigenvalue weighted by atomic mass is 10.0. The van der Waals surface area contributed by atoms with Crippen LogP contribution in [0, 0.1) is 11.3 Å². The van der Waals surface area contributed by atoms with Gasteiger partial charge in [-0.25, -0.2) is 4.98 Å². The summed E-state index contributed by atoms with van der Waals surface area (Å²) < 4.78 is 5.85. The number of fused-ring (bicyclic) bond motifs is 1. The zero-order chi connectivity index (χ0) is 20.0. The van der Waals surface area contributed by atoms with E-state index >= 15 is 0 Å². The van der Waals surface area contributed by atoms with Crippen LogP contribution in [0.2, 0.25) is 0 Å². The van der Waals surface area contributed by atoms with Crippen LogP contribution in [0.5, 0.6) is 5.75 Å². The van der Waals surface area contributed by atoms with E-state index in [0.717, 1.165) is 29.0 Å². The number of nitrogens with zero attached hydrogens (tertiary/aromatic N) is 2. The fourth-order valence-corrected chi connectivity index (χ4v) is 4.97. The number of hydrogen-bond acceptors (Lipinski definition) is 4. The van der Waals surface area contributed by atoms with Crippen molar-refractivity contribution in [1.29, 1.82) is 0 Å². The molecule has 5 heteroatoms. The van der Waals surface area contributed by atoms with Crippen molar-refractivity contribution >= 4 is 17.4 Å². The number of amides is 1. The summed E-state index contributed by atoms with van der Waals surface area (Å²) in [5, 5.41) is 3.05. The molecule has 1 unspecified atom stereocenters. The van der Waals surface area contributed by atoms with Gasteiger partial charge in [-0.05, 0) is 68.4 Å². The van der Waals surface area contributed by atoms with Gasteiger partial charge in [0, 0.05) is 23.2 Å². The normalized spacial score (nSPS) is 21.2. The summed E-state index contributed by atoms with van der Waals surface area (Å²) in [5.41, 5.74) is 4.49. The number of rotatable bonds is 5. The highest BCUT2D eigenvalue weighted by Crippen LogP contribution is 2.63. The van der Waals surface area contributed by atoms with E-state index in [1.807, 2.05) is 32.0 Å². The van der Waals surface area contributed by atoms with Gasteiger partial charge in [-0.2, -0.15) is 0 Å². The van der Waals surface area contributed by atoms with Crippen molar-refractivity contribution in [3.05, 3.63) is 53.2 Å². The molecule has 1 aromatic carbocycles. The monoisotopic (exact) mass is 389 g/mol. The zero-order valence-corrected chi connectivity index (χ0v) is 17.1. The number of hydrogen-bond donors (Lipinski definition) is 1. The van der Waals surface area contributed by atoms with Crippen LogP contribution >= 0.6 is 0 Å². The molecule has 1 atom stereocenters. The van der Waals surface area contributed by atoms with E-state index in [2.05, 4.69) is 22.4 Å². The molecule has 5 rings (SSSR count). The van der Waals surface area contributed by atoms with Gasteiger partial charge in [-0.1, -0.05) is 18.9 Å². The lowest BCUT2D eigenvalue weighted by molar-refractivity contribution is -0.118. The first-order chi connectivity index (χ1) is 14.0. The van der Waals surface area contributed by atoms with Crippen LogP contribution in [-0.2, 0) is 11.3 Å². The Morgan fingerprint density at radius 3 is 2.83 bits per heavy atom. The van der Waals surface area contributed by atoms with Crippen molar-refractivity contribution in [2.24, 2.45) is 16.3 Å². The standard InChI is InChI=1S/C24H27N3O2/c1-15(2)29-18-6-5-17-14-26-22(19(17)12-18)16-7-10-25-21(11-16)27-23(28)20-13-24(20)8-3-4-9-24/h5-7,10-12,15,20H,3-4,8-9,13-14H2,1-2H3,(H,25,27,28). The number of benzene rings is 1. The molecule has 1 amide bonds. The molecule has 29 heavy (non-hydrogen) atoms. The minimum atomic E-state index is 0.123. The van der Waals surface area contributed by atoms with Crippen molar-refractivity contribution in [3.63, 3.8) is 0 Å². The highest BCUT2D eigenvalue weighted by atomic mass is 16.5. The van der Waals surface area contributed by atoms with Gasteiger partial charge in [-0.15, -0.1) is 0 Å². The number of anilines is 1. The number of nitrogens with one attached hydrogen (secondary N) is 1. The molecule has 2 heterocycles. The van der Waals surface area contributed by atoms with Gasteiger partial charge in [0.15, 0.2) is 0 Å². The highest BCUT2D eigenvalue weighted by molar-refractivity contribution is 6.15. The van der Waals surface area contributed by atoms with Crippen LogP contribution in [0.4, 0.5) is 5.82 Å². The predicted molar refractivity (Wildman–Crippen MR) is 113 cm³/mol. The summed E-state index contributed by atoms with van der Waals surface area (Å²) in [6, 6.07) is 10.0. The molecule has 1 N–H and O–H groups in total. The molecule has 150 valence electrons. The molecule has 0 saturated heterocycles. The SMILES string of the molecule is CC(C)Oc1ccc2c(c1)C(c1ccnc(NC(=O)C3CC34CCCC4)c1)=NC2. The predicted octanol–water partition coefficient (Wildman–Crippen LogP) is 4.74. The maximum absolute atomic E-state index is 12.7. The van der Waals surface area contributed by atoms with Crippen LogP contribution in [-0.4, -0.2) is 22.7 Å². The van der Waals surface area contributed by atoms with E-state index in [1.54, 1.807) is 6.20 Å². The van der Waals surface area contributed by atoms with Gasteiger partial charge < -0.3 is 10.1 Å². The second-order valence-electron chi connectivity index (χ2n) is 8.90. The quantitative estimate of drug-likeness (QED) is 0.803. The first-order valence-electron chi connectivity index (χ1n) is 10.7. The Balaban J connectivity index is 1.34. The molecule has 1 spiro atoms. The van der Waals surface area contributed by atoms with Gasteiger partial charge in [0.25, 0.3) is 0 Å². The molecule has 2 saturated carbocycles. The van der Waals surface area contributed by atoms with Crippen molar-refractivity contribution < 1.29 is 9.53 Å². The summed E-state index contributed by atoms with van der Waals surface area (Å²) >= 11 is 0. The lowest BCUT2D eigenvalue weighted by Crippen LogP contribution is -2.18. The third kappa shape index (κ3) is 3.43. The Kier molecular flexibility index (Phi) is 4.41. The summed E-state index contributed by atoms with van der Waals surface area (Å²) in [7, 11) is 0. The maximum atomic E-state index is 12.7. The molecule has 1 aliphatic heterocycles.